The van der Waals surface area contributed by atoms with Gasteiger partial charge in [-0.15, -0.1) is 0 Å². The van der Waals surface area contributed by atoms with E-state index in [0.29, 0.717) is 37.5 Å². The first-order valence-corrected chi connectivity index (χ1v) is 14.5. The summed E-state index contributed by atoms with van der Waals surface area (Å²) in [6, 6.07) is 7.56. The number of amides is 1. The summed E-state index contributed by atoms with van der Waals surface area (Å²) in [5, 5.41) is 0. The van der Waals surface area contributed by atoms with Crippen molar-refractivity contribution in [2.24, 2.45) is 11.8 Å². The van der Waals surface area contributed by atoms with Gasteiger partial charge in [0.15, 0.2) is 0 Å². The van der Waals surface area contributed by atoms with Gasteiger partial charge in [-0.1, -0.05) is 6.07 Å². The third-order valence-corrected chi connectivity index (χ3v) is 9.08. The smallest absolute Gasteiger partial charge is 0.305 e. The zero-order valence-corrected chi connectivity index (χ0v) is 22.3. The molecule has 0 spiro atoms. The lowest BCUT2D eigenvalue weighted by atomic mass is 9.69. The topological polar surface area (TPSA) is 56.3 Å². The summed E-state index contributed by atoms with van der Waals surface area (Å²) in [5.41, 5.74) is 0.911. The fourth-order valence-corrected chi connectivity index (χ4v) is 7.46. The van der Waals surface area contributed by atoms with E-state index in [2.05, 4.69) is 19.6 Å². The van der Waals surface area contributed by atoms with E-state index >= 15 is 0 Å². The second-order valence-corrected chi connectivity index (χ2v) is 11.3. The van der Waals surface area contributed by atoms with Gasteiger partial charge in [-0.2, -0.15) is 0 Å². The number of likely N-dealkylation sites (tertiary alicyclic amines) is 1. The van der Waals surface area contributed by atoms with Crippen molar-refractivity contribution in [1.29, 1.82) is 0 Å². The Morgan fingerprint density at radius 1 is 1.05 bits per heavy atom. The predicted octanol–water partition coefficient (Wildman–Crippen LogP) is 3.38. The molecule has 8 heteroatoms. The van der Waals surface area contributed by atoms with E-state index in [4.69, 9.17) is 4.74 Å². The highest BCUT2D eigenvalue weighted by atomic mass is 19.1. The summed E-state index contributed by atoms with van der Waals surface area (Å²) in [7, 11) is 0. The van der Waals surface area contributed by atoms with Crippen molar-refractivity contribution in [2.75, 3.05) is 63.9 Å². The Morgan fingerprint density at radius 2 is 1.84 bits per heavy atom. The number of anilines is 1. The molecule has 4 saturated heterocycles. The molecule has 1 amide bonds. The largest absolute Gasteiger partial charge is 0.466 e. The van der Waals surface area contributed by atoms with Crippen LogP contribution < -0.4 is 4.90 Å². The molecule has 0 N–H and O–H groups in total. The van der Waals surface area contributed by atoms with Crippen LogP contribution in [0.25, 0.3) is 0 Å². The Morgan fingerprint density at radius 3 is 2.59 bits per heavy atom. The molecule has 4 unspecified atom stereocenters. The third kappa shape index (κ3) is 6.11. The van der Waals surface area contributed by atoms with Crippen molar-refractivity contribution < 1.29 is 18.7 Å². The number of esters is 1. The second kappa shape index (κ2) is 12.1. The Labute approximate surface area is 220 Å². The van der Waals surface area contributed by atoms with Crippen LogP contribution in [0.3, 0.4) is 0 Å². The maximum atomic E-state index is 13.8. The van der Waals surface area contributed by atoms with Crippen molar-refractivity contribution in [1.82, 2.24) is 14.7 Å². The van der Waals surface area contributed by atoms with Crippen LogP contribution in [0.1, 0.15) is 51.9 Å². The number of halogens is 1. The molecule has 7 nitrogen and oxygen atoms in total. The minimum Gasteiger partial charge on any atom is -0.466 e. The molecule has 1 aromatic rings. The van der Waals surface area contributed by atoms with E-state index in [-0.39, 0.29) is 23.7 Å². The number of piperazine rings is 1. The van der Waals surface area contributed by atoms with E-state index in [1.807, 2.05) is 13.0 Å². The summed E-state index contributed by atoms with van der Waals surface area (Å²) >= 11 is 0. The van der Waals surface area contributed by atoms with Gasteiger partial charge in [-0.25, -0.2) is 4.39 Å². The van der Waals surface area contributed by atoms with Crippen molar-refractivity contribution in [3.8, 4) is 0 Å². The molecular formula is C29H43FN4O3. The quantitative estimate of drug-likeness (QED) is 0.496. The van der Waals surface area contributed by atoms with Gasteiger partial charge in [0.05, 0.1) is 13.2 Å². The van der Waals surface area contributed by atoms with Crippen LogP contribution in [-0.4, -0.2) is 97.6 Å². The normalized spacial score (nSPS) is 28.6. The molecule has 0 bridgehead atoms. The Bertz CT molecular complexity index is 935. The van der Waals surface area contributed by atoms with Crippen molar-refractivity contribution >= 4 is 17.6 Å². The van der Waals surface area contributed by atoms with E-state index in [0.717, 1.165) is 51.3 Å². The summed E-state index contributed by atoms with van der Waals surface area (Å²) in [4.78, 5) is 35.2. The molecule has 0 aromatic heterocycles. The zero-order valence-electron chi connectivity index (χ0n) is 22.3. The van der Waals surface area contributed by atoms with Crippen LogP contribution in [0, 0.1) is 17.7 Å². The van der Waals surface area contributed by atoms with E-state index in [9.17, 15) is 14.0 Å². The molecule has 0 saturated carbocycles. The lowest BCUT2D eigenvalue weighted by Gasteiger charge is -2.57. The lowest BCUT2D eigenvalue weighted by molar-refractivity contribution is -0.148. The first-order chi connectivity index (χ1) is 18.0. The van der Waals surface area contributed by atoms with Gasteiger partial charge >= 0.3 is 5.97 Å². The average Bonchev–Trinajstić information content (AvgIpc) is 2.90. The minimum absolute atomic E-state index is 0.131. The van der Waals surface area contributed by atoms with Crippen LogP contribution in [0.4, 0.5) is 10.1 Å². The molecule has 0 radical (unpaired) electrons. The van der Waals surface area contributed by atoms with Crippen LogP contribution in [0.2, 0.25) is 0 Å². The van der Waals surface area contributed by atoms with Gasteiger partial charge in [-0.05, 0) is 88.6 Å². The summed E-state index contributed by atoms with van der Waals surface area (Å²) < 4.78 is 18.8. The fourth-order valence-electron chi connectivity index (χ4n) is 7.46. The highest BCUT2D eigenvalue weighted by Gasteiger charge is 2.49. The van der Waals surface area contributed by atoms with Crippen LogP contribution in [0.5, 0.6) is 0 Å². The number of rotatable bonds is 8. The first kappa shape index (κ1) is 26.4. The molecule has 1 aromatic carbocycles. The SMILES string of the molecule is CCOC(=O)CCCC1C2CCCN3CCCC(CN1C(=O)CN1CCN(c4cccc(F)c4)CC1)C23. The summed E-state index contributed by atoms with van der Waals surface area (Å²) in [6.45, 7) is 9.12. The van der Waals surface area contributed by atoms with E-state index in [1.165, 1.54) is 44.8 Å². The second-order valence-electron chi connectivity index (χ2n) is 11.3. The van der Waals surface area contributed by atoms with Crippen LogP contribution in [-0.2, 0) is 14.3 Å². The molecule has 4 aliphatic heterocycles. The number of hydrogen-bond donors (Lipinski definition) is 0. The van der Waals surface area contributed by atoms with Crippen LogP contribution in [0.15, 0.2) is 24.3 Å². The maximum absolute atomic E-state index is 13.8. The average molecular weight is 515 g/mol. The van der Waals surface area contributed by atoms with Crippen molar-refractivity contribution in [3.05, 3.63) is 30.1 Å². The van der Waals surface area contributed by atoms with Crippen molar-refractivity contribution in [2.45, 2.75) is 64.0 Å². The number of ether oxygens (including phenoxy) is 1. The van der Waals surface area contributed by atoms with Gasteiger partial charge in [0, 0.05) is 56.9 Å². The minimum atomic E-state index is -0.212. The Kier molecular flexibility index (Phi) is 8.65. The van der Waals surface area contributed by atoms with Gasteiger partial charge in [0.2, 0.25) is 5.91 Å². The molecule has 4 aliphatic rings. The van der Waals surface area contributed by atoms with Gasteiger partial charge in [-0.3, -0.25) is 19.4 Å². The predicted molar refractivity (Wildman–Crippen MR) is 142 cm³/mol. The Hall–Kier alpha value is -2.19. The molecular weight excluding hydrogens is 471 g/mol. The monoisotopic (exact) mass is 514 g/mol. The highest BCUT2D eigenvalue weighted by Crippen LogP contribution is 2.43. The fraction of sp³-hybridized carbons (Fsp3) is 0.724. The molecule has 4 atom stereocenters. The number of carbonyl (C=O) groups excluding carboxylic acids is 2. The molecule has 0 aliphatic carbocycles. The molecule has 4 heterocycles. The summed E-state index contributed by atoms with van der Waals surface area (Å²) in [6.07, 6.45) is 6.89. The van der Waals surface area contributed by atoms with Gasteiger partial charge in [0.1, 0.15) is 5.82 Å². The summed E-state index contributed by atoms with van der Waals surface area (Å²) in [5.74, 6) is 0.962. The zero-order chi connectivity index (χ0) is 25.8. The first-order valence-electron chi connectivity index (χ1n) is 14.5. The van der Waals surface area contributed by atoms with E-state index in [1.54, 1.807) is 12.1 Å². The third-order valence-electron chi connectivity index (χ3n) is 9.08. The molecule has 204 valence electrons. The molecule has 5 rings (SSSR count). The van der Waals surface area contributed by atoms with Gasteiger partial charge in [0.25, 0.3) is 0 Å². The van der Waals surface area contributed by atoms with Crippen molar-refractivity contribution in [3.63, 3.8) is 0 Å². The van der Waals surface area contributed by atoms with Gasteiger partial charge < -0.3 is 14.5 Å². The number of nitrogens with zero attached hydrogens (tertiary/aromatic N) is 4. The van der Waals surface area contributed by atoms with Crippen LogP contribution >= 0.6 is 0 Å². The maximum Gasteiger partial charge on any atom is 0.305 e. The molecule has 37 heavy (non-hydrogen) atoms. The highest BCUT2D eigenvalue weighted by molar-refractivity contribution is 5.79. The lowest BCUT2D eigenvalue weighted by Crippen LogP contribution is -2.66. The van der Waals surface area contributed by atoms with E-state index < -0.39 is 0 Å². The number of hydrogen-bond acceptors (Lipinski definition) is 6. The molecule has 4 fully saturated rings. The number of piperidine rings is 3. The Balaban J connectivity index is 1.23. The standard InChI is InChI=1S/C29H43FN4O3/c1-2-37-28(36)12-4-11-26-25-10-6-14-33-13-5-7-22(29(25)33)20-34(26)27(35)21-31-15-17-32(18-16-31)24-9-3-8-23(30)19-24/h3,8-9,19,22,25-26,29H,2,4-7,10-18,20-21H2,1H3. The number of carbonyl (C=O) groups is 2. The number of benzene rings is 1.